The molecule has 0 spiro atoms. The van der Waals surface area contributed by atoms with Gasteiger partial charge in [0, 0.05) is 23.6 Å². The van der Waals surface area contributed by atoms with Crippen molar-refractivity contribution in [3.63, 3.8) is 0 Å². The Kier molecular flexibility index (Phi) is 5.25. The minimum Gasteiger partial charge on any atom is -0.497 e. The summed E-state index contributed by atoms with van der Waals surface area (Å²) in [4.78, 5) is 29.3. The van der Waals surface area contributed by atoms with E-state index in [1.807, 2.05) is 24.4 Å². The van der Waals surface area contributed by atoms with Gasteiger partial charge < -0.3 is 15.0 Å². The molecule has 1 unspecified atom stereocenters. The van der Waals surface area contributed by atoms with Crippen LogP contribution in [-0.2, 0) is 16.0 Å². The van der Waals surface area contributed by atoms with Crippen LogP contribution in [0, 0.1) is 5.82 Å². The zero-order valence-electron chi connectivity index (χ0n) is 15.7. The number of aromatic nitrogens is 1. The number of carbonyl (C=O) groups excluding carboxylic acids is 2. The minimum absolute atomic E-state index is 0.0511. The van der Waals surface area contributed by atoms with E-state index >= 15 is 0 Å². The van der Waals surface area contributed by atoms with Gasteiger partial charge in [-0.1, -0.05) is 11.6 Å². The van der Waals surface area contributed by atoms with Gasteiger partial charge in [0.05, 0.1) is 30.3 Å². The predicted octanol–water partition coefficient (Wildman–Crippen LogP) is 3.43. The third kappa shape index (κ3) is 3.71. The first-order valence-corrected chi connectivity index (χ1v) is 9.55. The Labute approximate surface area is 171 Å². The number of carbonyl (C=O) groups is 2. The highest BCUT2D eigenvalue weighted by Crippen LogP contribution is 2.27. The molecule has 0 bridgehead atoms. The SMILES string of the molecule is COc1ccc2[nH]cc(CCNC3CC(=O)N(c4ccc(F)c(Cl)c4)C3=O)c2c1. The van der Waals surface area contributed by atoms with Crippen LogP contribution >= 0.6 is 11.6 Å². The average Bonchev–Trinajstić information content (AvgIpc) is 3.24. The van der Waals surface area contributed by atoms with Crippen molar-refractivity contribution in [1.29, 1.82) is 0 Å². The number of rotatable bonds is 6. The zero-order chi connectivity index (χ0) is 20.5. The summed E-state index contributed by atoms with van der Waals surface area (Å²) >= 11 is 5.78. The van der Waals surface area contributed by atoms with Crippen LogP contribution in [0.4, 0.5) is 10.1 Å². The van der Waals surface area contributed by atoms with E-state index in [0.29, 0.717) is 13.0 Å². The Hall–Kier alpha value is -2.90. The van der Waals surface area contributed by atoms with Gasteiger partial charge in [0.1, 0.15) is 11.6 Å². The lowest BCUT2D eigenvalue weighted by Crippen LogP contribution is -2.39. The third-order valence-electron chi connectivity index (χ3n) is 5.07. The highest BCUT2D eigenvalue weighted by molar-refractivity contribution is 6.31. The number of fused-ring (bicyclic) bond motifs is 1. The van der Waals surface area contributed by atoms with Gasteiger partial charge in [0.15, 0.2) is 0 Å². The zero-order valence-corrected chi connectivity index (χ0v) is 16.4. The molecule has 3 aromatic rings. The van der Waals surface area contributed by atoms with Crippen molar-refractivity contribution in [3.05, 3.63) is 59.0 Å². The largest absolute Gasteiger partial charge is 0.497 e. The van der Waals surface area contributed by atoms with E-state index in [0.717, 1.165) is 33.2 Å². The van der Waals surface area contributed by atoms with Gasteiger partial charge in [0.25, 0.3) is 5.91 Å². The Morgan fingerprint density at radius 2 is 2.10 bits per heavy atom. The molecule has 1 aliphatic heterocycles. The fourth-order valence-electron chi connectivity index (χ4n) is 3.56. The molecular formula is C21H19ClFN3O3. The number of aromatic amines is 1. The molecule has 2 heterocycles. The van der Waals surface area contributed by atoms with Crippen LogP contribution in [-0.4, -0.2) is 36.5 Å². The Morgan fingerprint density at radius 3 is 2.86 bits per heavy atom. The second kappa shape index (κ2) is 7.85. The Balaban J connectivity index is 1.42. The lowest BCUT2D eigenvalue weighted by Gasteiger charge is -2.16. The van der Waals surface area contributed by atoms with Crippen LogP contribution in [0.25, 0.3) is 10.9 Å². The van der Waals surface area contributed by atoms with E-state index in [9.17, 15) is 14.0 Å². The molecule has 2 aromatic carbocycles. The highest BCUT2D eigenvalue weighted by atomic mass is 35.5. The third-order valence-corrected chi connectivity index (χ3v) is 5.36. The maximum Gasteiger partial charge on any atom is 0.251 e. The number of H-pyrrole nitrogens is 1. The van der Waals surface area contributed by atoms with Crippen LogP contribution in [0.2, 0.25) is 5.02 Å². The van der Waals surface area contributed by atoms with Gasteiger partial charge in [-0.2, -0.15) is 0 Å². The van der Waals surface area contributed by atoms with Crippen LogP contribution in [0.3, 0.4) is 0 Å². The van der Waals surface area contributed by atoms with Crippen molar-refractivity contribution in [3.8, 4) is 5.75 Å². The van der Waals surface area contributed by atoms with Gasteiger partial charge in [-0.3, -0.25) is 9.59 Å². The molecular weight excluding hydrogens is 397 g/mol. The van der Waals surface area contributed by atoms with Gasteiger partial charge in [0.2, 0.25) is 5.91 Å². The molecule has 2 N–H and O–H groups in total. The monoisotopic (exact) mass is 415 g/mol. The fraction of sp³-hybridized carbons (Fsp3) is 0.238. The quantitative estimate of drug-likeness (QED) is 0.605. The maximum absolute atomic E-state index is 13.4. The number of halogens is 2. The first-order valence-electron chi connectivity index (χ1n) is 9.17. The van der Waals surface area contributed by atoms with Crippen molar-refractivity contribution in [2.75, 3.05) is 18.6 Å². The van der Waals surface area contributed by atoms with Gasteiger partial charge in [-0.15, -0.1) is 0 Å². The predicted molar refractivity (Wildman–Crippen MR) is 109 cm³/mol. The first kappa shape index (κ1) is 19.4. The van der Waals surface area contributed by atoms with E-state index in [-0.39, 0.29) is 28.9 Å². The second-order valence-corrected chi connectivity index (χ2v) is 7.26. The molecule has 29 heavy (non-hydrogen) atoms. The summed E-state index contributed by atoms with van der Waals surface area (Å²) in [5.74, 6) is -0.527. The molecule has 6 nitrogen and oxygen atoms in total. The second-order valence-electron chi connectivity index (χ2n) is 6.85. The summed E-state index contributed by atoms with van der Waals surface area (Å²) in [6.07, 6.45) is 2.66. The van der Waals surface area contributed by atoms with Crippen molar-refractivity contribution >= 4 is 40.0 Å². The molecule has 1 atom stereocenters. The van der Waals surface area contributed by atoms with Crippen molar-refractivity contribution in [1.82, 2.24) is 10.3 Å². The smallest absolute Gasteiger partial charge is 0.251 e. The molecule has 2 amide bonds. The number of ether oxygens (including phenoxy) is 1. The van der Waals surface area contributed by atoms with Crippen LogP contribution in [0.1, 0.15) is 12.0 Å². The average molecular weight is 416 g/mol. The van der Waals surface area contributed by atoms with Gasteiger partial charge in [-0.25, -0.2) is 9.29 Å². The molecule has 1 aromatic heterocycles. The van der Waals surface area contributed by atoms with E-state index < -0.39 is 11.9 Å². The summed E-state index contributed by atoms with van der Waals surface area (Å²) in [6.45, 7) is 0.520. The molecule has 4 rings (SSSR count). The number of benzene rings is 2. The number of nitrogens with one attached hydrogen (secondary N) is 2. The first-order chi connectivity index (χ1) is 14.0. The Morgan fingerprint density at radius 1 is 1.28 bits per heavy atom. The molecule has 1 fully saturated rings. The number of anilines is 1. The molecule has 150 valence electrons. The lowest BCUT2D eigenvalue weighted by molar-refractivity contribution is -0.121. The molecule has 1 saturated heterocycles. The maximum atomic E-state index is 13.4. The van der Waals surface area contributed by atoms with Crippen molar-refractivity contribution in [2.24, 2.45) is 0 Å². The van der Waals surface area contributed by atoms with Crippen molar-refractivity contribution in [2.45, 2.75) is 18.9 Å². The van der Waals surface area contributed by atoms with Gasteiger partial charge >= 0.3 is 0 Å². The minimum atomic E-state index is -0.619. The number of hydrogen-bond acceptors (Lipinski definition) is 4. The number of methoxy groups -OCH3 is 1. The highest BCUT2D eigenvalue weighted by Gasteiger charge is 2.39. The van der Waals surface area contributed by atoms with E-state index in [1.54, 1.807) is 7.11 Å². The number of hydrogen-bond donors (Lipinski definition) is 2. The van der Waals surface area contributed by atoms with E-state index in [2.05, 4.69) is 10.3 Å². The standard InChI is InChI=1S/C21H19ClFN3O3/c1-29-14-3-5-18-15(9-14)12(11-25-18)6-7-24-19-10-20(27)26(21(19)28)13-2-4-17(23)16(22)8-13/h2-5,8-9,11,19,24-25H,6-7,10H2,1H3. The van der Waals surface area contributed by atoms with Gasteiger partial charge in [-0.05, 0) is 48.4 Å². The molecule has 0 radical (unpaired) electrons. The van der Waals surface area contributed by atoms with Crippen LogP contribution in [0.15, 0.2) is 42.6 Å². The molecule has 8 heteroatoms. The van der Waals surface area contributed by atoms with E-state index in [4.69, 9.17) is 16.3 Å². The Bertz CT molecular complexity index is 1100. The summed E-state index contributed by atoms with van der Waals surface area (Å²) in [7, 11) is 1.62. The molecule has 1 aliphatic rings. The van der Waals surface area contributed by atoms with Crippen LogP contribution in [0.5, 0.6) is 5.75 Å². The van der Waals surface area contributed by atoms with E-state index in [1.165, 1.54) is 12.1 Å². The summed E-state index contributed by atoms with van der Waals surface area (Å²) in [5, 5.41) is 4.08. The molecule has 0 saturated carbocycles. The summed E-state index contributed by atoms with van der Waals surface area (Å²) < 4.78 is 18.7. The fourth-order valence-corrected chi connectivity index (χ4v) is 3.73. The number of imide groups is 1. The number of amides is 2. The number of nitrogens with zero attached hydrogens (tertiary/aromatic N) is 1. The topological polar surface area (TPSA) is 74.4 Å². The molecule has 0 aliphatic carbocycles. The normalized spacial score (nSPS) is 16.8. The summed E-state index contributed by atoms with van der Waals surface area (Å²) in [6, 6.07) is 8.99. The van der Waals surface area contributed by atoms with Crippen molar-refractivity contribution < 1.29 is 18.7 Å². The summed E-state index contributed by atoms with van der Waals surface area (Å²) in [5.41, 5.74) is 2.37. The van der Waals surface area contributed by atoms with Crippen LogP contribution < -0.4 is 15.0 Å². The lowest BCUT2D eigenvalue weighted by atomic mass is 10.1.